The molecule has 1 aliphatic rings. The van der Waals surface area contributed by atoms with E-state index in [1.54, 1.807) is 13.2 Å². The molecule has 1 fully saturated rings. The molecule has 0 spiro atoms. The first-order valence-corrected chi connectivity index (χ1v) is 7.58. The average Bonchev–Trinajstić information content (AvgIpc) is 2.54. The molecule has 0 saturated carbocycles. The van der Waals surface area contributed by atoms with Gasteiger partial charge in [-0.25, -0.2) is 0 Å². The van der Waals surface area contributed by atoms with Crippen LogP contribution in [0.25, 0.3) is 0 Å². The van der Waals surface area contributed by atoms with Gasteiger partial charge in [0.2, 0.25) is 0 Å². The van der Waals surface area contributed by atoms with Crippen LogP contribution in [0, 0.1) is 0 Å². The maximum absolute atomic E-state index is 10.4. The van der Waals surface area contributed by atoms with Crippen LogP contribution in [-0.2, 0) is 11.3 Å². The lowest BCUT2D eigenvalue weighted by Crippen LogP contribution is -2.44. The van der Waals surface area contributed by atoms with Gasteiger partial charge in [-0.2, -0.15) is 0 Å². The van der Waals surface area contributed by atoms with E-state index in [2.05, 4.69) is 11.9 Å². The van der Waals surface area contributed by atoms with Crippen molar-refractivity contribution in [1.82, 2.24) is 5.32 Å². The molecule has 2 N–H and O–H groups in total. The summed E-state index contributed by atoms with van der Waals surface area (Å²) in [4.78, 5) is 0. The number of rotatable bonds is 8. The van der Waals surface area contributed by atoms with E-state index in [0.717, 1.165) is 5.56 Å². The fourth-order valence-electron chi connectivity index (χ4n) is 2.46. The predicted molar refractivity (Wildman–Crippen MR) is 85.4 cm³/mol. The van der Waals surface area contributed by atoms with Crippen LogP contribution in [-0.4, -0.2) is 44.2 Å². The van der Waals surface area contributed by atoms with Crippen LogP contribution in [0.2, 0.25) is 0 Å². The van der Waals surface area contributed by atoms with Crippen LogP contribution in [0.15, 0.2) is 30.9 Å². The van der Waals surface area contributed by atoms with Gasteiger partial charge in [0, 0.05) is 39.1 Å². The third-order valence-corrected chi connectivity index (χ3v) is 3.79. The first-order chi connectivity index (χ1) is 10.7. The highest BCUT2D eigenvalue weighted by molar-refractivity contribution is 5.43. The Labute approximate surface area is 131 Å². The van der Waals surface area contributed by atoms with Gasteiger partial charge in [-0.3, -0.25) is 0 Å². The molecule has 5 heteroatoms. The molecule has 0 amide bonds. The SMILES string of the molecule is C=CCOc1ccc(CNCC2(O)CCOCC2)cc1OC. The van der Waals surface area contributed by atoms with Crippen molar-refractivity contribution in [3.05, 3.63) is 36.4 Å². The molecule has 0 aliphatic carbocycles. The lowest BCUT2D eigenvalue weighted by molar-refractivity contribution is -0.0617. The molecule has 0 atom stereocenters. The first kappa shape index (κ1) is 16.8. The molecule has 1 heterocycles. The summed E-state index contributed by atoms with van der Waals surface area (Å²) < 4.78 is 16.2. The number of nitrogens with one attached hydrogen (secondary N) is 1. The van der Waals surface area contributed by atoms with Gasteiger partial charge in [0.05, 0.1) is 12.7 Å². The summed E-state index contributed by atoms with van der Waals surface area (Å²) in [5.41, 5.74) is 0.425. The Morgan fingerprint density at radius 1 is 1.36 bits per heavy atom. The van der Waals surface area contributed by atoms with Crippen LogP contribution in [0.5, 0.6) is 11.5 Å². The van der Waals surface area contributed by atoms with Crippen LogP contribution in [0.3, 0.4) is 0 Å². The Balaban J connectivity index is 1.88. The van der Waals surface area contributed by atoms with E-state index >= 15 is 0 Å². The number of hydrogen-bond acceptors (Lipinski definition) is 5. The van der Waals surface area contributed by atoms with Gasteiger partial charge in [0.15, 0.2) is 11.5 Å². The summed E-state index contributed by atoms with van der Waals surface area (Å²) >= 11 is 0. The van der Waals surface area contributed by atoms with Crippen molar-refractivity contribution >= 4 is 0 Å². The van der Waals surface area contributed by atoms with Gasteiger partial charge in [0.25, 0.3) is 0 Å². The Bertz CT molecular complexity index is 484. The van der Waals surface area contributed by atoms with E-state index in [0.29, 0.717) is 57.3 Å². The summed E-state index contributed by atoms with van der Waals surface area (Å²) in [5, 5.41) is 13.7. The Hall–Kier alpha value is -1.56. The quantitative estimate of drug-likeness (QED) is 0.718. The highest BCUT2D eigenvalue weighted by Gasteiger charge is 2.29. The van der Waals surface area contributed by atoms with Crippen LogP contribution < -0.4 is 14.8 Å². The molecule has 1 saturated heterocycles. The molecular weight excluding hydrogens is 282 g/mol. The number of hydrogen-bond donors (Lipinski definition) is 2. The molecule has 1 aliphatic heterocycles. The first-order valence-electron chi connectivity index (χ1n) is 7.58. The monoisotopic (exact) mass is 307 g/mol. The second-order valence-corrected chi connectivity index (χ2v) is 5.53. The smallest absolute Gasteiger partial charge is 0.161 e. The summed E-state index contributed by atoms with van der Waals surface area (Å²) in [5.74, 6) is 1.40. The summed E-state index contributed by atoms with van der Waals surface area (Å²) in [6, 6.07) is 5.82. The van der Waals surface area contributed by atoms with Gasteiger partial charge in [0.1, 0.15) is 6.61 Å². The zero-order valence-electron chi connectivity index (χ0n) is 13.1. The Kier molecular flexibility index (Phi) is 6.24. The maximum Gasteiger partial charge on any atom is 0.161 e. The van der Waals surface area contributed by atoms with Crippen LogP contribution in [0.4, 0.5) is 0 Å². The molecule has 5 nitrogen and oxygen atoms in total. The van der Waals surface area contributed by atoms with Crippen LogP contribution in [0.1, 0.15) is 18.4 Å². The van der Waals surface area contributed by atoms with Crippen molar-refractivity contribution in [2.45, 2.75) is 25.0 Å². The molecule has 0 aromatic heterocycles. The van der Waals surface area contributed by atoms with E-state index in [9.17, 15) is 5.11 Å². The van der Waals surface area contributed by atoms with Crippen molar-refractivity contribution in [2.24, 2.45) is 0 Å². The summed E-state index contributed by atoms with van der Waals surface area (Å²) in [6.07, 6.45) is 3.05. The summed E-state index contributed by atoms with van der Waals surface area (Å²) in [6.45, 7) is 6.56. The normalized spacial score (nSPS) is 17.0. The molecule has 1 aromatic rings. The van der Waals surface area contributed by atoms with Gasteiger partial charge >= 0.3 is 0 Å². The number of aliphatic hydroxyl groups is 1. The lowest BCUT2D eigenvalue weighted by Gasteiger charge is -2.32. The fraction of sp³-hybridized carbons (Fsp3) is 0.529. The van der Waals surface area contributed by atoms with Gasteiger partial charge in [-0.15, -0.1) is 0 Å². The average molecular weight is 307 g/mol. The molecule has 2 rings (SSSR count). The number of ether oxygens (including phenoxy) is 3. The standard InChI is InChI=1S/C17H25NO4/c1-3-8-22-15-5-4-14(11-16(15)20-2)12-18-13-17(19)6-9-21-10-7-17/h3-5,11,18-19H,1,6-10,12-13H2,2H3. The highest BCUT2D eigenvalue weighted by Crippen LogP contribution is 2.28. The van der Waals surface area contributed by atoms with E-state index < -0.39 is 5.60 Å². The van der Waals surface area contributed by atoms with Crippen molar-refractivity contribution in [2.75, 3.05) is 33.5 Å². The molecule has 0 bridgehead atoms. The third kappa shape index (κ3) is 4.73. The Morgan fingerprint density at radius 3 is 2.82 bits per heavy atom. The van der Waals surface area contributed by atoms with Crippen molar-refractivity contribution in [1.29, 1.82) is 0 Å². The van der Waals surface area contributed by atoms with Gasteiger partial charge in [-0.1, -0.05) is 18.7 Å². The minimum atomic E-state index is -0.657. The van der Waals surface area contributed by atoms with Gasteiger partial charge in [-0.05, 0) is 17.7 Å². The van der Waals surface area contributed by atoms with Crippen molar-refractivity contribution in [3.63, 3.8) is 0 Å². The molecule has 22 heavy (non-hydrogen) atoms. The zero-order chi connectivity index (χ0) is 15.8. The molecule has 122 valence electrons. The van der Waals surface area contributed by atoms with Crippen LogP contribution >= 0.6 is 0 Å². The number of benzene rings is 1. The second kappa shape index (κ2) is 8.17. The Morgan fingerprint density at radius 2 is 2.14 bits per heavy atom. The van der Waals surface area contributed by atoms with Crippen molar-refractivity contribution in [3.8, 4) is 11.5 Å². The minimum Gasteiger partial charge on any atom is -0.493 e. The molecule has 0 radical (unpaired) electrons. The third-order valence-electron chi connectivity index (χ3n) is 3.79. The number of methoxy groups -OCH3 is 1. The van der Waals surface area contributed by atoms with Gasteiger partial charge < -0.3 is 24.6 Å². The molecule has 0 unspecified atom stereocenters. The zero-order valence-corrected chi connectivity index (χ0v) is 13.1. The second-order valence-electron chi connectivity index (χ2n) is 5.53. The lowest BCUT2D eigenvalue weighted by atomic mass is 9.94. The molecular formula is C17H25NO4. The van der Waals surface area contributed by atoms with E-state index in [1.807, 2.05) is 18.2 Å². The minimum absolute atomic E-state index is 0.447. The highest BCUT2D eigenvalue weighted by atomic mass is 16.5. The molecule has 1 aromatic carbocycles. The topological polar surface area (TPSA) is 60.0 Å². The predicted octanol–water partition coefficient (Wildman–Crippen LogP) is 1.89. The van der Waals surface area contributed by atoms with E-state index in [1.165, 1.54) is 0 Å². The fourth-order valence-corrected chi connectivity index (χ4v) is 2.46. The van der Waals surface area contributed by atoms with Crippen molar-refractivity contribution < 1.29 is 19.3 Å². The largest absolute Gasteiger partial charge is 0.493 e. The van der Waals surface area contributed by atoms with E-state index in [4.69, 9.17) is 14.2 Å². The summed E-state index contributed by atoms with van der Waals surface area (Å²) in [7, 11) is 1.62. The van der Waals surface area contributed by atoms with E-state index in [-0.39, 0.29) is 0 Å². The maximum atomic E-state index is 10.4.